The van der Waals surface area contributed by atoms with Crippen LogP contribution in [0.1, 0.15) is 71.6 Å². The highest BCUT2D eigenvalue weighted by Gasteiger charge is 1.97. The summed E-state index contributed by atoms with van der Waals surface area (Å²) >= 11 is 1.97. The standard InChI is InChI=1S/C15H33NS/c1-4-5-6-7-8-9-10-11-13-16-14-12-15(2)17-3/h15-16H,4-14H2,1-3H3. The number of hydrogen-bond donors (Lipinski definition) is 1. The Balaban J connectivity index is 2.94. The smallest absolute Gasteiger partial charge is 0.00280 e. The Kier molecular flexibility index (Phi) is 14.6. The highest BCUT2D eigenvalue weighted by Crippen LogP contribution is 2.09. The molecule has 0 rings (SSSR count). The average molecular weight is 260 g/mol. The van der Waals surface area contributed by atoms with Crippen LogP contribution in [0.15, 0.2) is 0 Å². The number of hydrogen-bond acceptors (Lipinski definition) is 2. The fourth-order valence-corrected chi connectivity index (χ4v) is 2.29. The van der Waals surface area contributed by atoms with Crippen LogP contribution in [0.3, 0.4) is 0 Å². The summed E-state index contributed by atoms with van der Waals surface area (Å²) in [5, 5.41) is 4.36. The maximum atomic E-state index is 3.55. The van der Waals surface area contributed by atoms with Gasteiger partial charge < -0.3 is 5.32 Å². The monoisotopic (exact) mass is 259 g/mol. The first-order valence-electron chi connectivity index (χ1n) is 7.54. The number of rotatable bonds is 13. The molecule has 0 saturated carbocycles. The summed E-state index contributed by atoms with van der Waals surface area (Å²) in [6.45, 7) is 7.00. The summed E-state index contributed by atoms with van der Waals surface area (Å²) in [7, 11) is 0. The van der Waals surface area contributed by atoms with Crippen LogP contribution >= 0.6 is 11.8 Å². The largest absolute Gasteiger partial charge is 0.317 e. The lowest BCUT2D eigenvalue weighted by molar-refractivity contribution is 0.551. The molecule has 104 valence electrons. The topological polar surface area (TPSA) is 12.0 Å². The molecule has 0 aromatic carbocycles. The molecule has 0 aliphatic carbocycles. The van der Waals surface area contributed by atoms with Crippen molar-refractivity contribution in [3.8, 4) is 0 Å². The van der Waals surface area contributed by atoms with E-state index in [1.165, 1.54) is 70.9 Å². The van der Waals surface area contributed by atoms with Gasteiger partial charge in [0.1, 0.15) is 0 Å². The van der Waals surface area contributed by atoms with Gasteiger partial charge in [0.15, 0.2) is 0 Å². The second-order valence-electron chi connectivity index (χ2n) is 5.06. The normalized spacial score (nSPS) is 12.9. The van der Waals surface area contributed by atoms with E-state index in [9.17, 15) is 0 Å². The quantitative estimate of drug-likeness (QED) is 0.474. The third-order valence-electron chi connectivity index (χ3n) is 3.34. The molecule has 0 heterocycles. The lowest BCUT2D eigenvalue weighted by Gasteiger charge is -2.08. The second-order valence-corrected chi connectivity index (χ2v) is 6.34. The molecule has 2 heteroatoms. The van der Waals surface area contributed by atoms with E-state index >= 15 is 0 Å². The van der Waals surface area contributed by atoms with E-state index in [1.54, 1.807) is 0 Å². The van der Waals surface area contributed by atoms with Crippen LogP contribution in [0.5, 0.6) is 0 Å². The molecule has 0 saturated heterocycles. The fraction of sp³-hybridized carbons (Fsp3) is 1.00. The predicted molar refractivity (Wildman–Crippen MR) is 83.1 cm³/mol. The maximum Gasteiger partial charge on any atom is 0.00280 e. The summed E-state index contributed by atoms with van der Waals surface area (Å²) in [5.74, 6) is 0. The molecular weight excluding hydrogens is 226 g/mol. The molecule has 0 aromatic heterocycles. The molecule has 17 heavy (non-hydrogen) atoms. The van der Waals surface area contributed by atoms with Gasteiger partial charge in [-0.25, -0.2) is 0 Å². The van der Waals surface area contributed by atoms with Crippen LogP contribution in [0, 0.1) is 0 Å². The zero-order chi connectivity index (χ0) is 12.8. The van der Waals surface area contributed by atoms with Crippen molar-refractivity contribution < 1.29 is 0 Å². The van der Waals surface area contributed by atoms with Gasteiger partial charge in [0.25, 0.3) is 0 Å². The molecule has 0 bridgehead atoms. The van der Waals surface area contributed by atoms with E-state index in [2.05, 4.69) is 25.4 Å². The minimum atomic E-state index is 0.807. The van der Waals surface area contributed by atoms with Gasteiger partial charge in [0.05, 0.1) is 0 Å². The zero-order valence-corrected chi connectivity index (χ0v) is 13.1. The molecule has 1 atom stereocenters. The van der Waals surface area contributed by atoms with Gasteiger partial charge in [-0.2, -0.15) is 11.8 Å². The van der Waals surface area contributed by atoms with E-state index in [0.717, 1.165) is 5.25 Å². The van der Waals surface area contributed by atoms with Gasteiger partial charge in [-0.15, -0.1) is 0 Å². The van der Waals surface area contributed by atoms with Crippen LogP contribution in [-0.2, 0) is 0 Å². The summed E-state index contributed by atoms with van der Waals surface area (Å²) in [6.07, 6.45) is 14.8. The predicted octanol–water partition coefficient (Wildman–Crippen LogP) is 4.86. The van der Waals surface area contributed by atoms with Crippen molar-refractivity contribution in [1.29, 1.82) is 0 Å². The van der Waals surface area contributed by atoms with Crippen LogP contribution < -0.4 is 5.32 Å². The van der Waals surface area contributed by atoms with Crippen molar-refractivity contribution in [1.82, 2.24) is 5.32 Å². The van der Waals surface area contributed by atoms with Crippen molar-refractivity contribution in [3.63, 3.8) is 0 Å². The fourth-order valence-electron chi connectivity index (χ4n) is 1.93. The first-order valence-corrected chi connectivity index (χ1v) is 8.83. The van der Waals surface area contributed by atoms with Gasteiger partial charge in [0, 0.05) is 5.25 Å². The molecule has 0 amide bonds. The molecule has 0 aliphatic rings. The Morgan fingerprint density at radius 2 is 1.47 bits per heavy atom. The third kappa shape index (κ3) is 14.2. The van der Waals surface area contributed by atoms with Crippen molar-refractivity contribution in [2.75, 3.05) is 19.3 Å². The molecule has 0 aromatic rings. The SMILES string of the molecule is CCCCCCCCCCNCCC(C)SC. The summed E-state index contributed by atoms with van der Waals surface area (Å²) in [5.41, 5.74) is 0. The van der Waals surface area contributed by atoms with Crippen molar-refractivity contribution in [2.45, 2.75) is 76.9 Å². The third-order valence-corrected chi connectivity index (χ3v) is 4.38. The van der Waals surface area contributed by atoms with Crippen molar-refractivity contribution in [3.05, 3.63) is 0 Å². The Morgan fingerprint density at radius 1 is 0.882 bits per heavy atom. The first kappa shape index (κ1) is 17.3. The Labute approximate surface area is 114 Å². The zero-order valence-electron chi connectivity index (χ0n) is 12.3. The molecule has 0 fully saturated rings. The number of unbranched alkanes of at least 4 members (excludes halogenated alkanes) is 7. The van der Waals surface area contributed by atoms with Gasteiger partial charge >= 0.3 is 0 Å². The number of thioether (sulfide) groups is 1. The van der Waals surface area contributed by atoms with Gasteiger partial charge in [-0.05, 0) is 32.2 Å². The molecule has 1 unspecified atom stereocenters. The molecule has 0 radical (unpaired) electrons. The van der Waals surface area contributed by atoms with Crippen molar-refractivity contribution in [2.24, 2.45) is 0 Å². The molecular formula is C15H33NS. The highest BCUT2D eigenvalue weighted by molar-refractivity contribution is 7.99. The lowest BCUT2D eigenvalue weighted by atomic mass is 10.1. The van der Waals surface area contributed by atoms with Crippen molar-refractivity contribution >= 4 is 11.8 Å². The van der Waals surface area contributed by atoms with Gasteiger partial charge in [0.2, 0.25) is 0 Å². The molecule has 1 nitrogen and oxygen atoms in total. The summed E-state index contributed by atoms with van der Waals surface area (Å²) < 4.78 is 0. The van der Waals surface area contributed by atoms with Gasteiger partial charge in [-0.1, -0.05) is 58.8 Å². The Hall–Kier alpha value is 0.310. The van der Waals surface area contributed by atoms with E-state index < -0.39 is 0 Å². The second kappa shape index (κ2) is 14.4. The van der Waals surface area contributed by atoms with Crippen LogP contribution in [0.2, 0.25) is 0 Å². The average Bonchev–Trinajstić information content (AvgIpc) is 2.35. The molecule has 1 N–H and O–H groups in total. The van der Waals surface area contributed by atoms with Gasteiger partial charge in [-0.3, -0.25) is 0 Å². The summed E-state index contributed by atoms with van der Waals surface area (Å²) in [4.78, 5) is 0. The Morgan fingerprint density at radius 3 is 2.06 bits per heavy atom. The summed E-state index contributed by atoms with van der Waals surface area (Å²) in [6, 6.07) is 0. The lowest BCUT2D eigenvalue weighted by Crippen LogP contribution is -2.19. The minimum absolute atomic E-state index is 0.807. The van der Waals surface area contributed by atoms with E-state index in [4.69, 9.17) is 0 Å². The van der Waals surface area contributed by atoms with Crippen LogP contribution in [-0.4, -0.2) is 24.6 Å². The first-order chi connectivity index (χ1) is 8.31. The highest BCUT2D eigenvalue weighted by atomic mass is 32.2. The van der Waals surface area contributed by atoms with E-state index in [0.29, 0.717) is 0 Å². The molecule has 0 spiro atoms. The maximum absolute atomic E-state index is 3.55. The van der Waals surface area contributed by atoms with Crippen LogP contribution in [0.4, 0.5) is 0 Å². The van der Waals surface area contributed by atoms with Crippen LogP contribution in [0.25, 0.3) is 0 Å². The minimum Gasteiger partial charge on any atom is -0.317 e. The Bertz CT molecular complexity index is 139. The molecule has 0 aliphatic heterocycles. The number of nitrogens with one attached hydrogen (secondary N) is 1. The van der Waals surface area contributed by atoms with E-state index in [-0.39, 0.29) is 0 Å². The van der Waals surface area contributed by atoms with E-state index in [1.807, 2.05) is 11.8 Å².